The molecule has 1 aromatic carbocycles. The van der Waals surface area contributed by atoms with E-state index in [4.69, 9.17) is 23.2 Å². The Hall–Kier alpha value is -0.110. The highest BCUT2D eigenvalue weighted by molar-refractivity contribution is 7.80. The molecule has 0 spiro atoms. The number of thiol groups is 1. The van der Waals surface area contributed by atoms with Crippen LogP contribution in [0.1, 0.15) is 12.0 Å². The van der Waals surface area contributed by atoms with Gasteiger partial charge in [-0.15, -0.1) is 0 Å². The van der Waals surface area contributed by atoms with Gasteiger partial charge < -0.3 is 0 Å². The van der Waals surface area contributed by atoms with Gasteiger partial charge in [0.15, 0.2) is 0 Å². The molecule has 0 bridgehead atoms. The van der Waals surface area contributed by atoms with Crippen LogP contribution in [0, 0.1) is 0 Å². The van der Waals surface area contributed by atoms with Gasteiger partial charge in [0.2, 0.25) is 0 Å². The van der Waals surface area contributed by atoms with E-state index >= 15 is 0 Å². The summed E-state index contributed by atoms with van der Waals surface area (Å²) >= 11 is 15.8. The molecule has 70 valence electrons. The fourth-order valence-corrected chi connectivity index (χ4v) is 1.66. The Kier molecular flexibility index (Phi) is 4.71. The Labute approximate surface area is 94.0 Å². The predicted octanol–water partition coefficient (Wildman–Crippen LogP) is 4.33. The van der Waals surface area contributed by atoms with Crippen LogP contribution in [-0.4, -0.2) is 5.75 Å². The summed E-state index contributed by atoms with van der Waals surface area (Å²) in [7, 11) is 0. The highest BCUT2D eigenvalue weighted by atomic mass is 35.5. The average molecular weight is 233 g/mol. The van der Waals surface area contributed by atoms with Crippen LogP contribution < -0.4 is 0 Å². The molecule has 0 aliphatic rings. The molecule has 0 fully saturated rings. The minimum Gasteiger partial charge on any atom is -0.179 e. The molecule has 0 amide bonds. The smallest absolute Gasteiger partial charge is 0.0426 e. The van der Waals surface area contributed by atoms with E-state index in [0.29, 0.717) is 10.0 Å². The first-order chi connectivity index (χ1) is 6.22. The van der Waals surface area contributed by atoms with Crippen LogP contribution in [-0.2, 0) is 0 Å². The van der Waals surface area contributed by atoms with Crippen LogP contribution in [0.15, 0.2) is 24.3 Å². The highest BCUT2D eigenvalue weighted by Gasteiger charge is 1.93. The lowest BCUT2D eigenvalue weighted by atomic mass is 10.2. The maximum absolute atomic E-state index is 5.83. The Balaban J connectivity index is 2.77. The molecule has 0 aliphatic carbocycles. The standard InChI is InChI=1S/C10H10Cl2S/c11-9-5-8(3-1-2-4-13)6-10(12)7-9/h1,3,5-7,13H,2,4H2. The normalized spacial score (nSPS) is 11.0. The predicted molar refractivity (Wildman–Crippen MR) is 64.0 cm³/mol. The van der Waals surface area contributed by atoms with Crippen molar-refractivity contribution in [1.29, 1.82) is 0 Å². The fraction of sp³-hybridized carbons (Fsp3) is 0.200. The van der Waals surface area contributed by atoms with Gasteiger partial charge in [-0.05, 0) is 35.9 Å². The molecule has 0 N–H and O–H groups in total. The molecule has 0 saturated carbocycles. The van der Waals surface area contributed by atoms with E-state index in [9.17, 15) is 0 Å². The van der Waals surface area contributed by atoms with E-state index in [1.165, 1.54) is 0 Å². The molecule has 3 heteroatoms. The number of allylic oxidation sites excluding steroid dienone is 1. The molecular formula is C10H10Cl2S. The van der Waals surface area contributed by atoms with Gasteiger partial charge in [-0.25, -0.2) is 0 Å². The first-order valence-corrected chi connectivity index (χ1v) is 5.34. The van der Waals surface area contributed by atoms with Crippen LogP contribution in [0.3, 0.4) is 0 Å². The summed E-state index contributed by atoms with van der Waals surface area (Å²) in [5.41, 5.74) is 1.03. The number of benzene rings is 1. The van der Waals surface area contributed by atoms with Gasteiger partial charge in [-0.1, -0.05) is 35.4 Å². The van der Waals surface area contributed by atoms with Crippen LogP contribution in [0.25, 0.3) is 6.08 Å². The Morgan fingerprint density at radius 2 is 1.77 bits per heavy atom. The van der Waals surface area contributed by atoms with Gasteiger partial charge in [-0.2, -0.15) is 12.6 Å². The molecular weight excluding hydrogens is 223 g/mol. The average Bonchev–Trinajstić information content (AvgIpc) is 2.03. The maximum Gasteiger partial charge on any atom is 0.0426 e. The molecule has 0 unspecified atom stereocenters. The minimum absolute atomic E-state index is 0.665. The molecule has 13 heavy (non-hydrogen) atoms. The number of hydrogen-bond acceptors (Lipinski definition) is 1. The van der Waals surface area contributed by atoms with Crippen molar-refractivity contribution < 1.29 is 0 Å². The van der Waals surface area contributed by atoms with E-state index < -0.39 is 0 Å². The zero-order valence-corrected chi connectivity index (χ0v) is 9.41. The van der Waals surface area contributed by atoms with E-state index in [-0.39, 0.29) is 0 Å². The summed E-state index contributed by atoms with van der Waals surface area (Å²) < 4.78 is 0. The minimum atomic E-state index is 0.665. The molecule has 0 atom stereocenters. The lowest BCUT2D eigenvalue weighted by Crippen LogP contribution is -1.74. The van der Waals surface area contributed by atoms with Crippen molar-refractivity contribution in [2.24, 2.45) is 0 Å². The van der Waals surface area contributed by atoms with Crippen molar-refractivity contribution in [1.82, 2.24) is 0 Å². The van der Waals surface area contributed by atoms with Crippen molar-refractivity contribution in [3.8, 4) is 0 Å². The Bertz CT molecular complexity index is 288. The van der Waals surface area contributed by atoms with Gasteiger partial charge in [0.25, 0.3) is 0 Å². The number of rotatable bonds is 3. The van der Waals surface area contributed by atoms with Crippen molar-refractivity contribution in [3.05, 3.63) is 39.9 Å². The van der Waals surface area contributed by atoms with E-state index in [2.05, 4.69) is 18.7 Å². The lowest BCUT2D eigenvalue weighted by Gasteiger charge is -1.96. The third-order valence-corrected chi connectivity index (χ3v) is 2.19. The second-order valence-electron chi connectivity index (χ2n) is 2.62. The maximum atomic E-state index is 5.83. The second kappa shape index (κ2) is 5.58. The van der Waals surface area contributed by atoms with Crippen LogP contribution >= 0.6 is 35.8 Å². The van der Waals surface area contributed by atoms with Crippen molar-refractivity contribution in [2.75, 3.05) is 5.75 Å². The number of halogens is 2. The Morgan fingerprint density at radius 1 is 1.15 bits per heavy atom. The van der Waals surface area contributed by atoms with E-state index in [0.717, 1.165) is 17.7 Å². The van der Waals surface area contributed by atoms with Gasteiger partial charge in [-0.3, -0.25) is 0 Å². The molecule has 0 saturated heterocycles. The summed E-state index contributed by atoms with van der Waals surface area (Å²) in [4.78, 5) is 0. The summed E-state index contributed by atoms with van der Waals surface area (Å²) in [6, 6.07) is 5.48. The van der Waals surface area contributed by atoms with Gasteiger partial charge in [0.05, 0.1) is 0 Å². The fourth-order valence-electron chi connectivity index (χ4n) is 0.965. The first-order valence-electron chi connectivity index (χ1n) is 3.96. The summed E-state index contributed by atoms with van der Waals surface area (Å²) in [6.45, 7) is 0. The van der Waals surface area contributed by atoms with Crippen LogP contribution in [0.4, 0.5) is 0 Å². The molecule has 0 heterocycles. The molecule has 0 aliphatic heterocycles. The number of hydrogen-bond donors (Lipinski definition) is 1. The third kappa shape index (κ3) is 4.08. The molecule has 0 aromatic heterocycles. The van der Waals surface area contributed by atoms with Crippen molar-refractivity contribution in [2.45, 2.75) is 6.42 Å². The van der Waals surface area contributed by atoms with Crippen molar-refractivity contribution >= 4 is 41.9 Å². The highest BCUT2D eigenvalue weighted by Crippen LogP contribution is 2.19. The first kappa shape index (κ1) is 11.0. The third-order valence-electron chi connectivity index (χ3n) is 1.49. The molecule has 1 rings (SSSR count). The quantitative estimate of drug-likeness (QED) is 0.738. The summed E-state index contributed by atoms with van der Waals surface area (Å²) in [6.07, 6.45) is 5.00. The zero-order valence-electron chi connectivity index (χ0n) is 7.00. The van der Waals surface area contributed by atoms with E-state index in [1.807, 2.05) is 18.2 Å². The Morgan fingerprint density at radius 3 is 2.31 bits per heavy atom. The molecule has 0 nitrogen and oxygen atoms in total. The second-order valence-corrected chi connectivity index (χ2v) is 3.94. The monoisotopic (exact) mass is 232 g/mol. The van der Waals surface area contributed by atoms with Crippen LogP contribution in [0.2, 0.25) is 10.0 Å². The summed E-state index contributed by atoms with van der Waals surface area (Å²) in [5, 5.41) is 1.33. The van der Waals surface area contributed by atoms with Crippen LogP contribution in [0.5, 0.6) is 0 Å². The summed E-state index contributed by atoms with van der Waals surface area (Å²) in [5.74, 6) is 0.852. The lowest BCUT2D eigenvalue weighted by molar-refractivity contribution is 1.26. The topological polar surface area (TPSA) is 0 Å². The van der Waals surface area contributed by atoms with Gasteiger partial charge in [0, 0.05) is 10.0 Å². The SMILES string of the molecule is SCCC=Cc1cc(Cl)cc(Cl)c1. The molecule has 1 aromatic rings. The van der Waals surface area contributed by atoms with Gasteiger partial charge >= 0.3 is 0 Å². The van der Waals surface area contributed by atoms with Gasteiger partial charge in [0.1, 0.15) is 0 Å². The largest absolute Gasteiger partial charge is 0.179 e. The van der Waals surface area contributed by atoms with Crippen molar-refractivity contribution in [3.63, 3.8) is 0 Å². The zero-order chi connectivity index (χ0) is 9.68. The molecule has 0 radical (unpaired) electrons. The van der Waals surface area contributed by atoms with E-state index in [1.54, 1.807) is 6.07 Å².